The minimum Gasteiger partial charge on any atom is -0.462 e. The Labute approximate surface area is 161 Å². The summed E-state index contributed by atoms with van der Waals surface area (Å²) in [6.07, 6.45) is 12.1. The van der Waals surface area contributed by atoms with Crippen LogP contribution in [-0.4, -0.2) is 12.1 Å². The highest BCUT2D eigenvalue weighted by molar-refractivity contribution is 5.38. The summed E-state index contributed by atoms with van der Waals surface area (Å²) in [5.41, 5.74) is 3.02. The summed E-state index contributed by atoms with van der Waals surface area (Å²) in [6, 6.07) is 9.15. The minimum absolute atomic E-state index is 0.335. The molecule has 0 bridgehead atoms. The molecule has 0 spiro atoms. The molecule has 0 heterocycles. The summed E-state index contributed by atoms with van der Waals surface area (Å²) in [7, 11) is 0. The van der Waals surface area contributed by atoms with Gasteiger partial charge in [-0.1, -0.05) is 64.3 Å². The van der Waals surface area contributed by atoms with Gasteiger partial charge in [0.1, 0.15) is 5.60 Å². The molecule has 0 aliphatic rings. The minimum atomic E-state index is -0.335. The molecule has 0 aliphatic heterocycles. The normalized spacial score (nSPS) is 12.2. The SMILES string of the molecule is CC(C)(C)CCCCCCc1ccc(CCCCC(C)(C)OC=O)cc1. The van der Waals surface area contributed by atoms with E-state index in [2.05, 4.69) is 45.0 Å². The topological polar surface area (TPSA) is 26.3 Å². The highest BCUT2D eigenvalue weighted by Gasteiger charge is 2.17. The Kier molecular flexibility index (Phi) is 9.98. The van der Waals surface area contributed by atoms with Crippen LogP contribution in [0.5, 0.6) is 0 Å². The van der Waals surface area contributed by atoms with Crippen LogP contribution >= 0.6 is 0 Å². The van der Waals surface area contributed by atoms with E-state index in [1.54, 1.807) is 0 Å². The molecule has 0 N–H and O–H groups in total. The molecule has 26 heavy (non-hydrogen) atoms. The summed E-state index contributed by atoms with van der Waals surface area (Å²) in [6.45, 7) is 11.5. The van der Waals surface area contributed by atoms with Gasteiger partial charge in [-0.25, -0.2) is 0 Å². The third-order valence-electron chi connectivity index (χ3n) is 5.03. The highest BCUT2D eigenvalue weighted by Crippen LogP contribution is 2.22. The van der Waals surface area contributed by atoms with Crippen molar-refractivity contribution in [3.05, 3.63) is 35.4 Å². The van der Waals surface area contributed by atoms with E-state index in [4.69, 9.17) is 4.74 Å². The molecule has 2 heteroatoms. The van der Waals surface area contributed by atoms with Crippen LogP contribution in [0.3, 0.4) is 0 Å². The van der Waals surface area contributed by atoms with E-state index >= 15 is 0 Å². The zero-order chi connectivity index (χ0) is 19.5. The summed E-state index contributed by atoms with van der Waals surface area (Å²) < 4.78 is 5.10. The van der Waals surface area contributed by atoms with Gasteiger partial charge in [0.15, 0.2) is 0 Å². The second-order valence-electron chi connectivity index (χ2n) is 9.47. The van der Waals surface area contributed by atoms with Gasteiger partial charge in [0.05, 0.1) is 0 Å². The maximum absolute atomic E-state index is 10.5. The standard InChI is InChI=1S/C24H40O2/c1-23(2,3)18-10-7-6-8-12-21-14-16-22(17-15-21)13-9-11-19-24(4,5)26-20-25/h14-17,20H,6-13,18-19H2,1-5H3. The molecule has 0 unspecified atom stereocenters. The van der Waals surface area contributed by atoms with Gasteiger partial charge in [0.25, 0.3) is 6.47 Å². The summed E-state index contributed by atoms with van der Waals surface area (Å²) in [5.74, 6) is 0. The van der Waals surface area contributed by atoms with E-state index in [0.717, 1.165) is 25.7 Å². The third kappa shape index (κ3) is 11.3. The Morgan fingerprint density at radius 1 is 0.731 bits per heavy atom. The number of rotatable bonds is 13. The van der Waals surface area contributed by atoms with Crippen molar-refractivity contribution in [2.24, 2.45) is 5.41 Å². The highest BCUT2D eigenvalue weighted by atomic mass is 16.5. The predicted octanol–water partition coefficient (Wildman–Crippen LogP) is 6.89. The van der Waals surface area contributed by atoms with Crippen LogP contribution in [0.25, 0.3) is 0 Å². The van der Waals surface area contributed by atoms with E-state index in [1.807, 2.05) is 13.8 Å². The number of hydrogen-bond acceptors (Lipinski definition) is 2. The first-order valence-corrected chi connectivity index (χ1v) is 10.4. The van der Waals surface area contributed by atoms with Crippen molar-refractivity contribution in [1.82, 2.24) is 0 Å². The molecule has 1 aromatic carbocycles. The van der Waals surface area contributed by atoms with Crippen LogP contribution in [0.2, 0.25) is 0 Å². The average Bonchev–Trinajstić information content (AvgIpc) is 2.55. The van der Waals surface area contributed by atoms with Crippen LogP contribution in [-0.2, 0) is 22.4 Å². The van der Waals surface area contributed by atoms with Crippen molar-refractivity contribution in [3.8, 4) is 0 Å². The first-order valence-electron chi connectivity index (χ1n) is 10.4. The summed E-state index contributed by atoms with van der Waals surface area (Å²) >= 11 is 0. The smallest absolute Gasteiger partial charge is 0.293 e. The van der Waals surface area contributed by atoms with Crippen molar-refractivity contribution >= 4 is 6.47 Å². The third-order valence-corrected chi connectivity index (χ3v) is 5.03. The number of carbonyl (C=O) groups excluding carboxylic acids is 1. The van der Waals surface area contributed by atoms with E-state index in [-0.39, 0.29) is 5.60 Å². The van der Waals surface area contributed by atoms with E-state index in [9.17, 15) is 4.79 Å². The fourth-order valence-electron chi connectivity index (χ4n) is 3.28. The lowest BCUT2D eigenvalue weighted by Gasteiger charge is -2.22. The number of benzene rings is 1. The van der Waals surface area contributed by atoms with Crippen molar-refractivity contribution in [3.63, 3.8) is 0 Å². The van der Waals surface area contributed by atoms with Gasteiger partial charge in [-0.2, -0.15) is 0 Å². The first kappa shape index (κ1) is 22.7. The van der Waals surface area contributed by atoms with Crippen molar-refractivity contribution in [2.75, 3.05) is 0 Å². The largest absolute Gasteiger partial charge is 0.462 e. The number of ether oxygens (including phenoxy) is 1. The molecule has 1 rings (SSSR count). The lowest BCUT2D eigenvalue weighted by atomic mass is 9.89. The number of aryl methyl sites for hydroxylation is 2. The second-order valence-corrected chi connectivity index (χ2v) is 9.47. The van der Waals surface area contributed by atoms with Crippen molar-refractivity contribution in [2.45, 2.75) is 104 Å². The molecular weight excluding hydrogens is 320 g/mol. The van der Waals surface area contributed by atoms with Crippen molar-refractivity contribution < 1.29 is 9.53 Å². The summed E-state index contributed by atoms with van der Waals surface area (Å²) in [5, 5.41) is 0. The molecule has 0 fully saturated rings. The fraction of sp³-hybridized carbons (Fsp3) is 0.708. The Morgan fingerprint density at radius 2 is 1.19 bits per heavy atom. The van der Waals surface area contributed by atoms with Crippen LogP contribution in [0.4, 0.5) is 0 Å². The molecule has 0 saturated heterocycles. The Balaban J connectivity index is 2.16. The average molecular weight is 361 g/mol. The Morgan fingerprint density at radius 3 is 1.69 bits per heavy atom. The molecule has 1 aromatic rings. The van der Waals surface area contributed by atoms with Gasteiger partial charge >= 0.3 is 0 Å². The predicted molar refractivity (Wildman–Crippen MR) is 111 cm³/mol. The molecule has 0 radical (unpaired) electrons. The van der Waals surface area contributed by atoms with Gasteiger partial charge in [0.2, 0.25) is 0 Å². The molecule has 0 atom stereocenters. The number of carbonyl (C=O) groups is 1. The summed E-state index contributed by atoms with van der Waals surface area (Å²) in [4.78, 5) is 10.5. The molecule has 0 amide bonds. The van der Waals surface area contributed by atoms with E-state index in [1.165, 1.54) is 49.7 Å². The lowest BCUT2D eigenvalue weighted by molar-refractivity contribution is -0.140. The quantitative estimate of drug-likeness (QED) is 0.283. The van der Waals surface area contributed by atoms with Gasteiger partial charge < -0.3 is 4.74 Å². The Hall–Kier alpha value is -1.31. The first-order chi connectivity index (χ1) is 12.2. The number of unbranched alkanes of at least 4 members (excludes halogenated alkanes) is 4. The maximum atomic E-state index is 10.5. The number of hydrogen-bond donors (Lipinski definition) is 0. The van der Waals surface area contributed by atoms with Gasteiger partial charge in [-0.05, 0) is 75.3 Å². The molecule has 148 valence electrons. The van der Waals surface area contributed by atoms with Gasteiger partial charge in [0, 0.05) is 0 Å². The molecule has 2 nitrogen and oxygen atoms in total. The second kappa shape index (κ2) is 11.4. The molecule has 0 saturated carbocycles. The lowest BCUT2D eigenvalue weighted by Crippen LogP contribution is -2.23. The maximum Gasteiger partial charge on any atom is 0.293 e. The van der Waals surface area contributed by atoms with E-state index in [0.29, 0.717) is 11.9 Å². The van der Waals surface area contributed by atoms with Gasteiger partial charge in [-0.15, -0.1) is 0 Å². The Bertz CT molecular complexity index is 494. The monoisotopic (exact) mass is 360 g/mol. The van der Waals surface area contributed by atoms with Crippen LogP contribution in [0, 0.1) is 5.41 Å². The molecular formula is C24H40O2. The van der Waals surface area contributed by atoms with Crippen molar-refractivity contribution in [1.29, 1.82) is 0 Å². The van der Waals surface area contributed by atoms with E-state index < -0.39 is 0 Å². The van der Waals surface area contributed by atoms with Crippen LogP contribution < -0.4 is 0 Å². The molecule has 0 aliphatic carbocycles. The van der Waals surface area contributed by atoms with Crippen LogP contribution in [0.15, 0.2) is 24.3 Å². The van der Waals surface area contributed by atoms with Crippen LogP contribution in [0.1, 0.15) is 97.1 Å². The molecule has 0 aromatic heterocycles. The van der Waals surface area contributed by atoms with Gasteiger partial charge in [-0.3, -0.25) is 4.79 Å². The zero-order valence-corrected chi connectivity index (χ0v) is 17.8. The fourth-order valence-corrected chi connectivity index (χ4v) is 3.28. The zero-order valence-electron chi connectivity index (χ0n) is 17.8.